The molecule has 2 atom stereocenters. The zero-order valence-electron chi connectivity index (χ0n) is 12.8. The van der Waals surface area contributed by atoms with Crippen LogP contribution in [0.25, 0.3) is 0 Å². The van der Waals surface area contributed by atoms with E-state index in [4.69, 9.17) is 9.47 Å². The largest absolute Gasteiger partial charge is 0.450 e. The third-order valence-electron chi connectivity index (χ3n) is 3.11. The molecule has 0 fully saturated rings. The van der Waals surface area contributed by atoms with Crippen LogP contribution in [-0.2, 0) is 19.1 Å². The van der Waals surface area contributed by atoms with E-state index in [2.05, 4.69) is 13.2 Å². The molecule has 1 aliphatic rings. The maximum Gasteiger partial charge on any atom is 0.334 e. The van der Waals surface area contributed by atoms with Crippen LogP contribution in [0.1, 0.15) is 33.6 Å². The molecule has 0 saturated heterocycles. The smallest absolute Gasteiger partial charge is 0.334 e. The van der Waals surface area contributed by atoms with Crippen LogP contribution in [-0.4, -0.2) is 23.6 Å². The van der Waals surface area contributed by atoms with Crippen LogP contribution in [0.15, 0.2) is 48.6 Å². The lowest BCUT2D eigenvalue weighted by atomic mass is 9.87. The normalized spacial score (nSPS) is 23.5. The molecular weight excluding hydrogens is 268 g/mol. The fraction of sp³-hybridized carbons (Fsp3) is 0.412. The molecule has 4 heteroatoms. The summed E-state index contributed by atoms with van der Waals surface area (Å²) in [7, 11) is 0. The fourth-order valence-corrected chi connectivity index (χ4v) is 2.02. The molecule has 0 bridgehead atoms. The van der Waals surface area contributed by atoms with Crippen molar-refractivity contribution in [2.45, 2.75) is 45.3 Å². The summed E-state index contributed by atoms with van der Waals surface area (Å²) in [5.41, 5.74) is -0.391. The van der Waals surface area contributed by atoms with Crippen LogP contribution in [0.4, 0.5) is 0 Å². The predicted molar refractivity (Wildman–Crippen MR) is 81.5 cm³/mol. The monoisotopic (exact) mass is 290 g/mol. The van der Waals surface area contributed by atoms with E-state index in [0.717, 1.165) is 6.42 Å². The number of esters is 2. The van der Waals surface area contributed by atoms with Crippen molar-refractivity contribution < 1.29 is 19.1 Å². The van der Waals surface area contributed by atoms with Gasteiger partial charge in [-0.2, -0.15) is 0 Å². The second-order valence-electron chi connectivity index (χ2n) is 5.23. The van der Waals surface area contributed by atoms with Gasteiger partial charge in [-0.1, -0.05) is 38.7 Å². The van der Waals surface area contributed by atoms with Crippen LogP contribution in [0, 0.1) is 0 Å². The topological polar surface area (TPSA) is 52.6 Å². The van der Waals surface area contributed by atoms with E-state index in [1.807, 2.05) is 6.92 Å². The van der Waals surface area contributed by atoms with Crippen LogP contribution in [0.3, 0.4) is 0 Å². The van der Waals surface area contributed by atoms with Crippen LogP contribution >= 0.6 is 0 Å². The Balaban J connectivity index is 3.06. The molecule has 0 aromatic rings. The predicted octanol–water partition coefficient (Wildman–Crippen LogP) is 3.26. The molecule has 0 heterocycles. The molecule has 0 saturated carbocycles. The number of ether oxygens (including phenoxy) is 2. The van der Waals surface area contributed by atoms with E-state index in [0.29, 0.717) is 17.6 Å². The molecule has 0 amide bonds. The number of carbonyl (C=O) groups is 2. The quantitative estimate of drug-likeness (QED) is 0.556. The Labute approximate surface area is 125 Å². The van der Waals surface area contributed by atoms with Crippen molar-refractivity contribution in [3.05, 3.63) is 48.6 Å². The van der Waals surface area contributed by atoms with Gasteiger partial charge in [0.25, 0.3) is 0 Å². The Morgan fingerprint density at radius 1 is 1.14 bits per heavy atom. The Bertz CT molecular complexity index is 513. The molecule has 1 rings (SSSR count). The summed E-state index contributed by atoms with van der Waals surface area (Å²) in [4.78, 5) is 23.7. The molecule has 0 aliphatic heterocycles. The molecule has 0 N–H and O–H groups in total. The first-order valence-electron chi connectivity index (χ1n) is 6.93. The number of hydrogen-bond donors (Lipinski definition) is 0. The number of carbonyl (C=O) groups excluding carboxylic acids is 2. The third kappa shape index (κ3) is 4.18. The Kier molecular flexibility index (Phi) is 5.70. The highest BCUT2D eigenvalue weighted by Crippen LogP contribution is 2.32. The SMILES string of the molecule is C=C(C)C(=O)OC1C=CC=CC1(CCC)OC(=O)C(=C)C. The van der Waals surface area contributed by atoms with E-state index < -0.39 is 23.6 Å². The summed E-state index contributed by atoms with van der Waals surface area (Å²) in [5, 5.41) is 0. The van der Waals surface area contributed by atoms with Crippen LogP contribution < -0.4 is 0 Å². The summed E-state index contributed by atoms with van der Waals surface area (Å²) in [5.74, 6) is -1.01. The van der Waals surface area contributed by atoms with Crippen molar-refractivity contribution in [3.63, 3.8) is 0 Å². The maximum atomic E-state index is 11.9. The first-order valence-corrected chi connectivity index (χ1v) is 6.93. The van der Waals surface area contributed by atoms with Gasteiger partial charge in [0.2, 0.25) is 0 Å². The third-order valence-corrected chi connectivity index (χ3v) is 3.11. The molecular formula is C17H22O4. The molecule has 4 nitrogen and oxygen atoms in total. The minimum absolute atomic E-state index is 0.301. The van der Waals surface area contributed by atoms with E-state index in [9.17, 15) is 9.59 Å². The second-order valence-corrected chi connectivity index (χ2v) is 5.23. The molecule has 21 heavy (non-hydrogen) atoms. The zero-order valence-corrected chi connectivity index (χ0v) is 12.8. The van der Waals surface area contributed by atoms with Gasteiger partial charge in [0.1, 0.15) is 0 Å². The molecule has 114 valence electrons. The standard InChI is InChI=1S/C17H22O4/c1-6-10-17(21-16(19)13(4)5)11-8-7-9-14(17)20-15(18)12(2)3/h7-9,11,14H,2,4,6,10H2,1,3,5H3. The van der Waals surface area contributed by atoms with Crippen molar-refractivity contribution in [3.8, 4) is 0 Å². The Morgan fingerprint density at radius 2 is 1.76 bits per heavy atom. The number of allylic oxidation sites excluding steroid dienone is 2. The number of rotatable bonds is 6. The van der Waals surface area contributed by atoms with E-state index in [1.165, 1.54) is 0 Å². The van der Waals surface area contributed by atoms with Gasteiger partial charge < -0.3 is 9.47 Å². The Hall–Kier alpha value is -2.10. The van der Waals surface area contributed by atoms with Gasteiger partial charge in [0.05, 0.1) is 0 Å². The van der Waals surface area contributed by atoms with Crippen LogP contribution in [0.5, 0.6) is 0 Å². The molecule has 2 unspecified atom stereocenters. The summed E-state index contributed by atoms with van der Waals surface area (Å²) < 4.78 is 11.0. The lowest BCUT2D eigenvalue weighted by Crippen LogP contribution is -2.47. The summed E-state index contributed by atoms with van der Waals surface area (Å²) in [6.45, 7) is 12.3. The van der Waals surface area contributed by atoms with Gasteiger partial charge in [0, 0.05) is 11.1 Å². The second kappa shape index (κ2) is 7.07. The molecule has 0 radical (unpaired) electrons. The minimum atomic E-state index is -0.995. The zero-order chi connectivity index (χ0) is 16.0. The first-order chi connectivity index (χ1) is 9.82. The number of hydrogen-bond acceptors (Lipinski definition) is 4. The first kappa shape index (κ1) is 17.0. The van der Waals surface area contributed by atoms with Crippen molar-refractivity contribution >= 4 is 11.9 Å². The fourth-order valence-electron chi connectivity index (χ4n) is 2.02. The van der Waals surface area contributed by atoms with Gasteiger partial charge in [-0.25, -0.2) is 9.59 Å². The molecule has 1 aliphatic carbocycles. The van der Waals surface area contributed by atoms with Gasteiger partial charge in [-0.15, -0.1) is 0 Å². The average Bonchev–Trinajstić information content (AvgIpc) is 2.41. The summed E-state index contributed by atoms with van der Waals surface area (Å²) >= 11 is 0. The van der Waals surface area contributed by atoms with E-state index in [1.54, 1.807) is 38.2 Å². The summed E-state index contributed by atoms with van der Waals surface area (Å²) in [6.07, 6.45) is 7.65. The average molecular weight is 290 g/mol. The molecule has 0 aromatic carbocycles. The summed E-state index contributed by atoms with van der Waals surface area (Å²) in [6, 6.07) is 0. The lowest BCUT2D eigenvalue weighted by Gasteiger charge is -2.37. The highest BCUT2D eigenvalue weighted by atomic mass is 16.6. The van der Waals surface area contributed by atoms with Crippen molar-refractivity contribution in [2.75, 3.05) is 0 Å². The lowest BCUT2D eigenvalue weighted by molar-refractivity contribution is -0.170. The van der Waals surface area contributed by atoms with Gasteiger partial charge in [-0.3, -0.25) is 0 Å². The van der Waals surface area contributed by atoms with Crippen molar-refractivity contribution in [1.82, 2.24) is 0 Å². The van der Waals surface area contributed by atoms with Gasteiger partial charge in [0.15, 0.2) is 11.7 Å². The van der Waals surface area contributed by atoms with E-state index >= 15 is 0 Å². The Morgan fingerprint density at radius 3 is 2.29 bits per heavy atom. The molecule has 0 spiro atoms. The van der Waals surface area contributed by atoms with Gasteiger partial charge >= 0.3 is 11.9 Å². The minimum Gasteiger partial charge on any atom is -0.450 e. The highest BCUT2D eigenvalue weighted by molar-refractivity contribution is 5.88. The van der Waals surface area contributed by atoms with Crippen LogP contribution in [0.2, 0.25) is 0 Å². The van der Waals surface area contributed by atoms with Gasteiger partial charge in [-0.05, 0) is 32.4 Å². The molecule has 0 aromatic heterocycles. The van der Waals surface area contributed by atoms with Crippen molar-refractivity contribution in [2.24, 2.45) is 0 Å². The van der Waals surface area contributed by atoms with E-state index in [-0.39, 0.29) is 0 Å². The highest BCUT2D eigenvalue weighted by Gasteiger charge is 2.42. The maximum absolute atomic E-state index is 11.9. The van der Waals surface area contributed by atoms with Crippen molar-refractivity contribution in [1.29, 1.82) is 0 Å².